The fraction of sp³-hybridized carbons (Fsp3) is 0.526. The van der Waals surface area contributed by atoms with Crippen LogP contribution in [0.5, 0.6) is 0 Å². The van der Waals surface area contributed by atoms with E-state index in [-0.39, 0.29) is 18.6 Å². The molecule has 3 rings (SSSR count). The Morgan fingerprint density at radius 1 is 1.42 bits per heavy atom. The van der Waals surface area contributed by atoms with Crippen molar-refractivity contribution in [2.24, 2.45) is 0 Å². The predicted octanol–water partition coefficient (Wildman–Crippen LogP) is 2.55. The largest absolute Gasteiger partial charge is 0.390 e. The third-order valence-electron chi connectivity index (χ3n) is 4.31. The molecule has 0 unspecified atom stereocenters. The summed E-state index contributed by atoms with van der Waals surface area (Å²) < 4.78 is 10.7. The minimum Gasteiger partial charge on any atom is -0.390 e. The molecule has 1 saturated heterocycles. The van der Waals surface area contributed by atoms with E-state index in [1.807, 2.05) is 18.2 Å². The predicted molar refractivity (Wildman–Crippen MR) is 94.5 cm³/mol. The van der Waals surface area contributed by atoms with Gasteiger partial charge in [0.15, 0.2) is 5.82 Å². The van der Waals surface area contributed by atoms with E-state index in [1.54, 1.807) is 19.9 Å². The van der Waals surface area contributed by atoms with E-state index in [2.05, 4.69) is 15.5 Å². The number of carbonyl (C=O) groups is 1. The van der Waals surface area contributed by atoms with E-state index in [0.29, 0.717) is 36.7 Å². The van der Waals surface area contributed by atoms with Gasteiger partial charge in [0.25, 0.3) is 11.8 Å². The van der Waals surface area contributed by atoms with Gasteiger partial charge in [-0.2, -0.15) is 4.98 Å². The molecule has 2 heterocycles. The Morgan fingerprint density at radius 2 is 2.27 bits per heavy atom. The highest BCUT2D eigenvalue weighted by Crippen LogP contribution is 2.26. The van der Waals surface area contributed by atoms with Gasteiger partial charge in [0.05, 0.1) is 12.1 Å². The summed E-state index contributed by atoms with van der Waals surface area (Å²) in [5.74, 6) is 0.709. The van der Waals surface area contributed by atoms with Crippen molar-refractivity contribution in [3.8, 4) is 0 Å². The minimum absolute atomic E-state index is 0.126. The molecule has 7 nitrogen and oxygen atoms in total. The standard InChI is InChI=1S/C19H25N3O4/c1-19(2,24)9-8-13-5-3-6-14(11-13)17(23)20-12-16-21-18(26-22-16)15-7-4-10-25-15/h3,5-6,11,15,24H,4,7-10,12H2,1-2H3,(H,20,23)/t15-/m0/s1. The zero-order valence-corrected chi connectivity index (χ0v) is 15.2. The third kappa shape index (κ3) is 5.12. The Labute approximate surface area is 152 Å². The number of rotatable bonds is 7. The van der Waals surface area contributed by atoms with Gasteiger partial charge in [0.2, 0.25) is 0 Å². The van der Waals surface area contributed by atoms with Gasteiger partial charge in [-0.3, -0.25) is 4.79 Å². The highest BCUT2D eigenvalue weighted by Gasteiger charge is 2.24. The van der Waals surface area contributed by atoms with E-state index in [1.165, 1.54) is 0 Å². The Morgan fingerprint density at radius 3 is 3.00 bits per heavy atom. The van der Waals surface area contributed by atoms with Gasteiger partial charge in [-0.05, 0) is 57.2 Å². The number of carbonyl (C=O) groups excluding carboxylic acids is 1. The lowest BCUT2D eigenvalue weighted by Gasteiger charge is -2.16. The second-order valence-electron chi connectivity index (χ2n) is 7.25. The first-order valence-electron chi connectivity index (χ1n) is 8.94. The summed E-state index contributed by atoms with van der Waals surface area (Å²) in [6.07, 6.45) is 3.08. The first-order chi connectivity index (χ1) is 12.4. The Kier molecular flexibility index (Phi) is 5.68. The number of nitrogens with one attached hydrogen (secondary N) is 1. The average molecular weight is 359 g/mol. The number of ether oxygens (including phenoxy) is 1. The van der Waals surface area contributed by atoms with Crippen molar-refractivity contribution in [2.45, 2.75) is 57.8 Å². The van der Waals surface area contributed by atoms with Crippen molar-refractivity contribution < 1.29 is 19.2 Å². The quantitative estimate of drug-likeness (QED) is 0.788. The first kappa shape index (κ1) is 18.5. The molecule has 1 aromatic heterocycles. The molecule has 140 valence electrons. The maximum Gasteiger partial charge on any atom is 0.255 e. The molecule has 0 aliphatic carbocycles. The number of benzene rings is 1. The summed E-state index contributed by atoms with van der Waals surface area (Å²) in [5.41, 5.74) is 0.860. The number of hydrogen-bond acceptors (Lipinski definition) is 6. The van der Waals surface area contributed by atoms with Crippen molar-refractivity contribution >= 4 is 5.91 Å². The van der Waals surface area contributed by atoms with Gasteiger partial charge in [-0.1, -0.05) is 17.3 Å². The van der Waals surface area contributed by atoms with E-state index < -0.39 is 5.60 Å². The van der Waals surface area contributed by atoms with Crippen LogP contribution in [0.15, 0.2) is 28.8 Å². The van der Waals surface area contributed by atoms with Crippen LogP contribution in [0.25, 0.3) is 0 Å². The van der Waals surface area contributed by atoms with E-state index in [9.17, 15) is 9.90 Å². The molecule has 0 saturated carbocycles. The van der Waals surface area contributed by atoms with Gasteiger partial charge < -0.3 is 19.7 Å². The van der Waals surface area contributed by atoms with Gasteiger partial charge in [0.1, 0.15) is 6.10 Å². The summed E-state index contributed by atoms with van der Waals surface area (Å²) >= 11 is 0. The lowest BCUT2D eigenvalue weighted by molar-refractivity contribution is 0.0714. The SMILES string of the molecule is CC(C)(O)CCc1cccc(C(=O)NCc2noc([C@@H]3CCCO3)n2)c1. The van der Waals surface area contributed by atoms with Gasteiger partial charge in [0, 0.05) is 12.2 Å². The molecule has 26 heavy (non-hydrogen) atoms. The molecule has 0 radical (unpaired) electrons. The van der Waals surface area contributed by atoms with E-state index in [0.717, 1.165) is 18.4 Å². The van der Waals surface area contributed by atoms with Crippen LogP contribution in [-0.2, 0) is 17.7 Å². The molecule has 2 aromatic rings. The fourth-order valence-electron chi connectivity index (χ4n) is 2.82. The van der Waals surface area contributed by atoms with Crippen molar-refractivity contribution in [3.05, 3.63) is 47.1 Å². The van der Waals surface area contributed by atoms with Crippen molar-refractivity contribution in [1.82, 2.24) is 15.5 Å². The second kappa shape index (κ2) is 7.97. The smallest absolute Gasteiger partial charge is 0.255 e. The molecule has 0 bridgehead atoms. The van der Waals surface area contributed by atoms with Gasteiger partial charge in [-0.15, -0.1) is 0 Å². The van der Waals surface area contributed by atoms with Crippen LogP contribution < -0.4 is 5.32 Å². The van der Waals surface area contributed by atoms with E-state index >= 15 is 0 Å². The molecule has 7 heteroatoms. The summed E-state index contributed by atoms with van der Waals surface area (Å²) in [6.45, 7) is 4.46. The Hall–Kier alpha value is -2.25. The summed E-state index contributed by atoms with van der Waals surface area (Å²) in [4.78, 5) is 16.6. The molecular formula is C19H25N3O4. The van der Waals surface area contributed by atoms with Crippen LogP contribution in [0.4, 0.5) is 0 Å². The molecule has 1 fully saturated rings. The molecular weight excluding hydrogens is 334 g/mol. The maximum atomic E-state index is 12.4. The first-order valence-corrected chi connectivity index (χ1v) is 8.94. The summed E-state index contributed by atoms with van der Waals surface area (Å²) in [7, 11) is 0. The van der Waals surface area contributed by atoms with Crippen LogP contribution in [0.1, 0.15) is 66.9 Å². The number of aliphatic hydroxyl groups is 1. The monoisotopic (exact) mass is 359 g/mol. The summed E-state index contributed by atoms with van der Waals surface area (Å²) in [6, 6.07) is 7.40. The maximum absolute atomic E-state index is 12.4. The van der Waals surface area contributed by atoms with Crippen molar-refractivity contribution in [2.75, 3.05) is 6.61 Å². The zero-order chi connectivity index (χ0) is 18.6. The van der Waals surface area contributed by atoms with Crippen molar-refractivity contribution in [3.63, 3.8) is 0 Å². The number of aromatic nitrogens is 2. The fourth-order valence-corrected chi connectivity index (χ4v) is 2.82. The molecule has 1 aliphatic rings. The third-order valence-corrected chi connectivity index (χ3v) is 4.31. The highest BCUT2D eigenvalue weighted by atomic mass is 16.5. The topological polar surface area (TPSA) is 97.5 Å². The lowest BCUT2D eigenvalue weighted by Crippen LogP contribution is -2.23. The minimum atomic E-state index is -0.725. The van der Waals surface area contributed by atoms with Gasteiger partial charge >= 0.3 is 0 Å². The van der Waals surface area contributed by atoms with Gasteiger partial charge in [-0.25, -0.2) is 0 Å². The number of nitrogens with zero attached hydrogens (tertiary/aromatic N) is 2. The number of aryl methyl sites for hydroxylation is 1. The number of hydrogen-bond donors (Lipinski definition) is 2. The molecule has 2 N–H and O–H groups in total. The second-order valence-corrected chi connectivity index (χ2v) is 7.25. The van der Waals surface area contributed by atoms with Crippen LogP contribution >= 0.6 is 0 Å². The van der Waals surface area contributed by atoms with Crippen molar-refractivity contribution in [1.29, 1.82) is 0 Å². The van der Waals surface area contributed by atoms with Crippen LogP contribution in [0, 0.1) is 0 Å². The number of amides is 1. The molecule has 1 amide bonds. The molecule has 0 spiro atoms. The lowest BCUT2D eigenvalue weighted by atomic mass is 9.98. The van der Waals surface area contributed by atoms with Crippen LogP contribution in [-0.4, -0.2) is 33.4 Å². The average Bonchev–Trinajstić information content (AvgIpc) is 3.28. The Bertz CT molecular complexity index is 745. The normalized spacial score (nSPS) is 17.4. The Balaban J connectivity index is 1.54. The molecule has 1 aromatic carbocycles. The summed E-state index contributed by atoms with van der Waals surface area (Å²) in [5, 5.41) is 16.5. The van der Waals surface area contributed by atoms with E-state index in [4.69, 9.17) is 9.26 Å². The highest BCUT2D eigenvalue weighted by molar-refractivity contribution is 5.94. The van der Waals surface area contributed by atoms with Crippen LogP contribution in [0.2, 0.25) is 0 Å². The molecule has 1 aliphatic heterocycles. The van der Waals surface area contributed by atoms with Crippen LogP contribution in [0.3, 0.4) is 0 Å². The zero-order valence-electron chi connectivity index (χ0n) is 15.2. The molecule has 1 atom stereocenters.